The third kappa shape index (κ3) is 7.85. The number of H-pyrrole nitrogens is 1. The molecule has 3 aromatic rings. The second-order valence-corrected chi connectivity index (χ2v) is 11.9. The van der Waals surface area contributed by atoms with Gasteiger partial charge in [-0.25, -0.2) is 0 Å². The number of benzene rings is 2. The maximum absolute atomic E-state index is 12.7. The smallest absolute Gasteiger partial charge is 0.322 e. The fraction of sp³-hybridized carbons (Fsp3) is 0.300. The van der Waals surface area contributed by atoms with E-state index in [0.29, 0.717) is 25.2 Å². The highest BCUT2D eigenvalue weighted by molar-refractivity contribution is 7.87. The van der Waals surface area contributed by atoms with Crippen molar-refractivity contribution in [3.63, 3.8) is 0 Å². The van der Waals surface area contributed by atoms with E-state index in [4.69, 9.17) is 0 Å². The molecule has 12 heteroatoms. The number of rotatable bonds is 9. The monoisotopic (exact) mass is 591 g/mol. The molecule has 0 radical (unpaired) electrons. The van der Waals surface area contributed by atoms with Crippen molar-refractivity contribution >= 4 is 27.8 Å². The molecule has 1 amide bonds. The molecule has 2 aromatic carbocycles. The quantitative estimate of drug-likeness (QED) is 0.277. The van der Waals surface area contributed by atoms with Gasteiger partial charge in [-0.3, -0.25) is 14.4 Å². The van der Waals surface area contributed by atoms with Crippen LogP contribution in [0.15, 0.2) is 71.7 Å². The highest BCUT2D eigenvalue weighted by Crippen LogP contribution is 2.19. The maximum atomic E-state index is 12.7. The Morgan fingerprint density at radius 2 is 1.62 bits per heavy atom. The lowest BCUT2D eigenvalue weighted by atomic mass is 10.1. The van der Waals surface area contributed by atoms with Crippen LogP contribution < -0.4 is 20.5 Å². The number of aliphatic carboxylic acids is 1. The van der Waals surface area contributed by atoms with Gasteiger partial charge in [0.1, 0.15) is 11.6 Å². The zero-order valence-electron chi connectivity index (χ0n) is 23.3. The lowest BCUT2D eigenvalue weighted by Gasteiger charge is -2.36. The zero-order valence-corrected chi connectivity index (χ0v) is 24.1. The Kier molecular flexibility index (Phi) is 9.80. The van der Waals surface area contributed by atoms with Crippen LogP contribution in [0.2, 0.25) is 0 Å². The van der Waals surface area contributed by atoms with E-state index in [2.05, 4.69) is 26.9 Å². The number of aromatic amines is 1. The van der Waals surface area contributed by atoms with Crippen molar-refractivity contribution in [2.45, 2.75) is 26.4 Å². The van der Waals surface area contributed by atoms with Crippen LogP contribution in [0, 0.1) is 17.8 Å². The number of aromatic nitrogens is 1. The van der Waals surface area contributed by atoms with Crippen LogP contribution in [0.25, 0.3) is 0 Å². The number of carboxylic acids is 1. The lowest BCUT2D eigenvalue weighted by Crippen LogP contribution is -2.55. The molecular formula is C30H33N5O6S. The number of amides is 1. The van der Waals surface area contributed by atoms with E-state index < -0.39 is 39.6 Å². The maximum Gasteiger partial charge on any atom is 0.322 e. The highest BCUT2D eigenvalue weighted by atomic mass is 32.2. The summed E-state index contributed by atoms with van der Waals surface area (Å²) in [4.78, 5) is 40.8. The average molecular weight is 592 g/mol. The minimum atomic E-state index is -3.94. The molecular weight excluding hydrogens is 558 g/mol. The summed E-state index contributed by atoms with van der Waals surface area (Å²) >= 11 is 0. The summed E-state index contributed by atoms with van der Waals surface area (Å²) in [5.74, 6) is 3.92. The molecule has 2 heterocycles. The van der Waals surface area contributed by atoms with Gasteiger partial charge in [-0.1, -0.05) is 56.0 Å². The molecule has 1 aliphatic heterocycles. The summed E-state index contributed by atoms with van der Waals surface area (Å²) in [5, 5.41) is 12.1. The number of carbonyl (C=O) groups excluding carboxylic acids is 1. The van der Waals surface area contributed by atoms with Crippen molar-refractivity contribution in [3.8, 4) is 11.8 Å². The van der Waals surface area contributed by atoms with E-state index in [0.717, 1.165) is 16.8 Å². The van der Waals surface area contributed by atoms with E-state index in [1.165, 1.54) is 16.6 Å². The van der Waals surface area contributed by atoms with Crippen LogP contribution in [0.5, 0.6) is 0 Å². The van der Waals surface area contributed by atoms with Gasteiger partial charge < -0.3 is 20.3 Å². The molecule has 1 atom stereocenters. The topological polar surface area (TPSA) is 152 Å². The van der Waals surface area contributed by atoms with Crippen molar-refractivity contribution in [2.24, 2.45) is 5.92 Å². The standard InChI is InChI=1S/C30H33N5O6S/c1-21(2)27(30(38)39)33-42(40,41)35-16-14-34(15-17-35)25-12-10-22(11-13-25)8-9-24-18-26(29(37)32-20-24)28(36)31-19-23-6-4-3-5-7-23/h3-7,10-13,18,20-21,27,33H,14-17,19H2,1-2H3,(H,31,36)(H,32,37)(H,38,39)/t27-/m1/s1. The van der Waals surface area contributed by atoms with E-state index in [-0.39, 0.29) is 18.7 Å². The molecule has 1 fully saturated rings. The first-order valence-electron chi connectivity index (χ1n) is 13.5. The summed E-state index contributed by atoms with van der Waals surface area (Å²) < 4.78 is 29.0. The van der Waals surface area contributed by atoms with Gasteiger partial charge >= 0.3 is 5.97 Å². The molecule has 0 spiro atoms. The first kappa shape index (κ1) is 30.5. The Hall–Kier alpha value is -4.44. The summed E-state index contributed by atoms with van der Waals surface area (Å²) in [6.07, 6.45) is 1.46. The molecule has 0 bridgehead atoms. The van der Waals surface area contributed by atoms with Crippen LogP contribution in [0.3, 0.4) is 0 Å². The van der Waals surface area contributed by atoms with Crippen LogP contribution in [0.1, 0.15) is 40.9 Å². The number of nitrogens with zero attached hydrogens (tertiary/aromatic N) is 2. The number of nitrogens with one attached hydrogen (secondary N) is 3. The summed E-state index contributed by atoms with van der Waals surface area (Å²) in [7, 11) is -3.94. The van der Waals surface area contributed by atoms with Crippen molar-refractivity contribution in [3.05, 3.63) is 99.5 Å². The Labute approximate surface area is 244 Å². The van der Waals surface area contributed by atoms with Crippen LogP contribution in [-0.4, -0.2) is 66.9 Å². The van der Waals surface area contributed by atoms with E-state index >= 15 is 0 Å². The molecule has 0 saturated carbocycles. The third-order valence-corrected chi connectivity index (χ3v) is 8.41. The first-order valence-corrected chi connectivity index (χ1v) is 14.9. The number of pyridine rings is 1. The molecule has 4 rings (SSSR count). The van der Waals surface area contributed by atoms with Crippen LogP contribution >= 0.6 is 0 Å². The Morgan fingerprint density at radius 1 is 0.976 bits per heavy atom. The molecule has 1 saturated heterocycles. The zero-order chi connectivity index (χ0) is 30.3. The van der Waals surface area contributed by atoms with Crippen molar-refractivity contribution in [2.75, 3.05) is 31.1 Å². The predicted molar refractivity (Wildman–Crippen MR) is 159 cm³/mol. The molecule has 4 N–H and O–H groups in total. The van der Waals surface area contributed by atoms with Gasteiger partial charge in [0.25, 0.3) is 21.7 Å². The van der Waals surface area contributed by atoms with E-state index in [9.17, 15) is 27.9 Å². The largest absolute Gasteiger partial charge is 0.480 e. The Bertz CT molecular complexity index is 1640. The lowest BCUT2D eigenvalue weighted by molar-refractivity contribution is -0.140. The number of hydrogen-bond donors (Lipinski definition) is 4. The Morgan fingerprint density at radius 3 is 2.24 bits per heavy atom. The number of carboxylic acid groups (broad SMARTS) is 1. The summed E-state index contributed by atoms with van der Waals surface area (Å²) in [6.45, 7) is 4.92. The van der Waals surface area contributed by atoms with Crippen LogP contribution in [0.4, 0.5) is 5.69 Å². The van der Waals surface area contributed by atoms with Crippen molar-refractivity contribution < 1.29 is 23.1 Å². The molecule has 42 heavy (non-hydrogen) atoms. The fourth-order valence-corrected chi connectivity index (χ4v) is 5.88. The Balaban J connectivity index is 1.35. The van der Waals surface area contributed by atoms with Gasteiger partial charge in [-0.2, -0.15) is 17.4 Å². The second kappa shape index (κ2) is 13.5. The molecule has 1 aromatic heterocycles. The second-order valence-electron chi connectivity index (χ2n) is 10.2. The SMILES string of the molecule is CC(C)[C@@H](NS(=O)(=O)N1CCN(c2ccc(C#Cc3c[nH]c(=O)c(C(=O)NCc4ccccc4)c3)cc2)CC1)C(=O)O. The van der Waals surface area contributed by atoms with E-state index in [1.54, 1.807) is 13.8 Å². The van der Waals surface area contributed by atoms with Crippen molar-refractivity contribution in [1.29, 1.82) is 0 Å². The molecule has 0 aliphatic carbocycles. The van der Waals surface area contributed by atoms with Crippen LogP contribution in [-0.2, 0) is 21.5 Å². The molecule has 11 nitrogen and oxygen atoms in total. The van der Waals surface area contributed by atoms with E-state index in [1.807, 2.05) is 59.5 Å². The number of carbonyl (C=O) groups is 2. The molecule has 0 unspecified atom stereocenters. The highest BCUT2D eigenvalue weighted by Gasteiger charge is 2.33. The predicted octanol–water partition coefficient (Wildman–Crippen LogP) is 1.77. The fourth-order valence-electron chi connectivity index (χ4n) is 4.39. The number of piperazine rings is 1. The third-order valence-electron chi connectivity index (χ3n) is 6.81. The minimum Gasteiger partial charge on any atom is -0.480 e. The molecule has 1 aliphatic rings. The van der Waals surface area contributed by atoms with Crippen molar-refractivity contribution in [1.82, 2.24) is 19.3 Å². The van der Waals surface area contributed by atoms with Gasteiger partial charge in [0.05, 0.1) is 0 Å². The van der Waals surface area contributed by atoms with Gasteiger partial charge in [0, 0.05) is 55.7 Å². The summed E-state index contributed by atoms with van der Waals surface area (Å²) in [6, 6.07) is 17.1. The van der Waals surface area contributed by atoms with Gasteiger partial charge in [0.2, 0.25) is 0 Å². The van der Waals surface area contributed by atoms with Gasteiger partial charge in [0.15, 0.2) is 0 Å². The first-order chi connectivity index (χ1) is 20.0. The van der Waals surface area contributed by atoms with Gasteiger partial charge in [-0.15, -0.1) is 0 Å². The average Bonchev–Trinajstić information content (AvgIpc) is 2.99. The summed E-state index contributed by atoms with van der Waals surface area (Å²) in [5.41, 5.74) is 2.50. The number of hydrogen-bond acceptors (Lipinski definition) is 6. The normalized spacial score (nSPS) is 14.6. The molecule has 220 valence electrons. The minimum absolute atomic E-state index is 0.0212. The number of anilines is 1. The van der Waals surface area contributed by atoms with Gasteiger partial charge in [-0.05, 0) is 41.8 Å².